The van der Waals surface area contributed by atoms with Crippen LogP contribution < -0.4 is 20.1 Å². The third-order valence-electron chi connectivity index (χ3n) is 3.55. The lowest BCUT2D eigenvalue weighted by Gasteiger charge is -2.17. The number of methoxy groups -OCH3 is 2. The molecule has 0 bridgehead atoms. The first-order valence-corrected chi connectivity index (χ1v) is 8.17. The molecule has 0 atom stereocenters. The van der Waals surface area contributed by atoms with Crippen molar-refractivity contribution in [3.8, 4) is 11.5 Å². The fourth-order valence-corrected chi connectivity index (χ4v) is 2.11. The van der Waals surface area contributed by atoms with Crippen molar-refractivity contribution < 1.29 is 29.0 Å². The molecule has 144 valence electrons. The molecule has 1 aromatic rings. The van der Waals surface area contributed by atoms with Crippen molar-refractivity contribution in [3.05, 3.63) is 17.7 Å². The second kappa shape index (κ2) is 9.07. The summed E-state index contributed by atoms with van der Waals surface area (Å²) < 4.78 is 10.3. The topological polar surface area (TPSA) is 114 Å². The number of anilines is 1. The van der Waals surface area contributed by atoms with E-state index in [1.54, 1.807) is 0 Å². The SMILES string of the molecule is COc1cc(C(=O)O)cc(NC(=O)CCCNC(=O)C(C)(C)C)c1OC. The average Bonchev–Trinajstić information content (AvgIpc) is 2.56. The van der Waals surface area contributed by atoms with Gasteiger partial charge >= 0.3 is 5.97 Å². The lowest BCUT2D eigenvalue weighted by atomic mass is 9.96. The van der Waals surface area contributed by atoms with Gasteiger partial charge in [-0.05, 0) is 18.6 Å². The summed E-state index contributed by atoms with van der Waals surface area (Å²) in [4.78, 5) is 35.1. The predicted octanol–water partition coefficient (Wildman–Crippen LogP) is 2.28. The number of carboxylic acid groups (broad SMARTS) is 1. The maximum atomic E-state index is 12.1. The van der Waals surface area contributed by atoms with E-state index in [9.17, 15) is 14.4 Å². The zero-order chi connectivity index (χ0) is 19.9. The molecule has 8 heteroatoms. The number of ether oxygens (including phenoxy) is 2. The molecule has 0 spiro atoms. The van der Waals surface area contributed by atoms with Crippen LogP contribution in [0.25, 0.3) is 0 Å². The van der Waals surface area contributed by atoms with Gasteiger partial charge in [0.1, 0.15) is 0 Å². The number of amides is 2. The molecule has 0 radical (unpaired) electrons. The van der Waals surface area contributed by atoms with Crippen molar-refractivity contribution in [3.63, 3.8) is 0 Å². The molecule has 3 N–H and O–H groups in total. The van der Waals surface area contributed by atoms with Crippen molar-refractivity contribution in [1.82, 2.24) is 5.32 Å². The Hall–Kier alpha value is -2.77. The highest BCUT2D eigenvalue weighted by Gasteiger charge is 2.21. The van der Waals surface area contributed by atoms with Gasteiger partial charge in [-0.15, -0.1) is 0 Å². The minimum atomic E-state index is -1.15. The Morgan fingerprint density at radius 2 is 1.77 bits per heavy atom. The number of carbonyl (C=O) groups is 3. The monoisotopic (exact) mass is 366 g/mol. The number of nitrogens with one attached hydrogen (secondary N) is 2. The summed E-state index contributed by atoms with van der Waals surface area (Å²) in [6.45, 7) is 5.80. The third kappa shape index (κ3) is 5.94. The lowest BCUT2D eigenvalue weighted by molar-refractivity contribution is -0.128. The molecule has 0 aliphatic carbocycles. The van der Waals surface area contributed by atoms with E-state index in [0.29, 0.717) is 13.0 Å². The van der Waals surface area contributed by atoms with Crippen LogP contribution in [0.4, 0.5) is 5.69 Å². The van der Waals surface area contributed by atoms with Crippen LogP contribution in [-0.2, 0) is 9.59 Å². The fourth-order valence-electron chi connectivity index (χ4n) is 2.11. The molecule has 8 nitrogen and oxygen atoms in total. The first kappa shape index (κ1) is 21.3. The summed E-state index contributed by atoms with van der Waals surface area (Å²) in [7, 11) is 2.78. The summed E-state index contributed by atoms with van der Waals surface area (Å²) >= 11 is 0. The van der Waals surface area contributed by atoms with Crippen LogP contribution in [0.1, 0.15) is 44.0 Å². The summed E-state index contributed by atoms with van der Waals surface area (Å²) in [5.41, 5.74) is -0.299. The van der Waals surface area contributed by atoms with E-state index in [2.05, 4.69) is 10.6 Å². The summed E-state index contributed by atoms with van der Waals surface area (Å²) in [5, 5.41) is 14.6. The minimum absolute atomic E-state index is 0.0320. The first-order chi connectivity index (χ1) is 12.1. The molecular weight excluding hydrogens is 340 g/mol. The predicted molar refractivity (Wildman–Crippen MR) is 96.8 cm³/mol. The number of hydrogen-bond donors (Lipinski definition) is 3. The molecule has 0 unspecified atom stereocenters. The van der Waals surface area contributed by atoms with Gasteiger partial charge in [-0.3, -0.25) is 9.59 Å². The van der Waals surface area contributed by atoms with E-state index >= 15 is 0 Å². The van der Waals surface area contributed by atoms with E-state index in [-0.39, 0.29) is 41.0 Å². The zero-order valence-electron chi connectivity index (χ0n) is 15.8. The molecule has 0 aliphatic heterocycles. The summed E-state index contributed by atoms with van der Waals surface area (Å²) in [6.07, 6.45) is 0.610. The molecule has 0 heterocycles. The molecule has 2 amide bonds. The van der Waals surface area contributed by atoms with Crippen LogP contribution in [0.3, 0.4) is 0 Å². The highest BCUT2D eigenvalue weighted by molar-refractivity contribution is 5.96. The Balaban J connectivity index is 2.72. The van der Waals surface area contributed by atoms with E-state index in [0.717, 1.165) is 0 Å². The van der Waals surface area contributed by atoms with E-state index in [1.165, 1.54) is 26.4 Å². The number of carboxylic acids is 1. The van der Waals surface area contributed by atoms with E-state index in [1.807, 2.05) is 20.8 Å². The van der Waals surface area contributed by atoms with Crippen molar-refractivity contribution >= 4 is 23.5 Å². The van der Waals surface area contributed by atoms with Gasteiger partial charge in [-0.2, -0.15) is 0 Å². The van der Waals surface area contributed by atoms with Crippen molar-refractivity contribution in [2.75, 3.05) is 26.1 Å². The first-order valence-electron chi connectivity index (χ1n) is 8.17. The number of aromatic carboxylic acids is 1. The smallest absolute Gasteiger partial charge is 0.335 e. The normalized spacial score (nSPS) is 10.8. The second-order valence-electron chi connectivity index (χ2n) is 6.72. The average molecular weight is 366 g/mol. The van der Waals surface area contributed by atoms with Gasteiger partial charge in [0.15, 0.2) is 11.5 Å². The van der Waals surface area contributed by atoms with Gasteiger partial charge in [-0.1, -0.05) is 20.8 Å². The van der Waals surface area contributed by atoms with Crippen LogP contribution in [0.5, 0.6) is 11.5 Å². The molecule has 0 saturated carbocycles. The van der Waals surface area contributed by atoms with Crippen molar-refractivity contribution in [2.24, 2.45) is 5.41 Å². The Bertz CT molecular complexity index is 679. The molecule has 0 aliphatic rings. The minimum Gasteiger partial charge on any atom is -0.493 e. The van der Waals surface area contributed by atoms with Crippen LogP contribution in [-0.4, -0.2) is 43.7 Å². The summed E-state index contributed by atoms with van der Waals surface area (Å²) in [6, 6.07) is 2.63. The number of hydrogen-bond acceptors (Lipinski definition) is 5. The lowest BCUT2D eigenvalue weighted by Crippen LogP contribution is -2.35. The maximum Gasteiger partial charge on any atom is 0.335 e. The van der Waals surface area contributed by atoms with Crippen molar-refractivity contribution in [1.29, 1.82) is 0 Å². The largest absolute Gasteiger partial charge is 0.493 e. The molecule has 1 aromatic carbocycles. The molecule has 0 aromatic heterocycles. The second-order valence-corrected chi connectivity index (χ2v) is 6.72. The number of rotatable bonds is 8. The Morgan fingerprint density at radius 3 is 2.27 bits per heavy atom. The fraction of sp³-hybridized carbons (Fsp3) is 0.500. The number of carbonyl (C=O) groups excluding carboxylic acids is 2. The van der Waals surface area contributed by atoms with Crippen LogP contribution in [0, 0.1) is 5.41 Å². The molecular formula is C18H26N2O6. The molecule has 0 saturated heterocycles. The van der Waals surface area contributed by atoms with Gasteiger partial charge < -0.3 is 25.2 Å². The van der Waals surface area contributed by atoms with Gasteiger partial charge in [0.25, 0.3) is 0 Å². The van der Waals surface area contributed by atoms with Crippen molar-refractivity contribution in [2.45, 2.75) is 33.6 Å². The van der Waals surface area contributed by atoms with Gasteiger partial charge in [0.05, 0.1) is 25.5 Å². The van der Waals surface area contributed by atoms with E-state index in [4.69, 9.17) is 14.6 Å². The standard InChI is InChI=1S/C18H26N2O6/c1-18(2,3)17(24)19-8-6-7-14(21)20-12-9-11(16(22)23)10-13(25-4)15(12)26-5/h9-10H,6-8H2,1-5H3,(H,19,24)(H,20,21)(H,22,23). The summed E-state index contributed by atoms with van der Waals surface area (Å²) in [5.74, 6) is -1.10. The molecule has 1 rings (SSSR count). The molecule has 26 heavy (non-hydrogen) atoms. The Kier molecular flexibility index (Phi) is 7.42. The third-order valence-corrected chi connectivity index (χ3v) is 3.55. The highest BCUT2D eigenvalue weighted by Crippen LogP contribution is 2.36. The van der Waals surface area contributed by atoms with Crippen LogP contribution in [0.15, 0.2) is 12.1 Å². The zero-order valence-corrected chi connectivity index (χ0v) is 15.8. The van der Waals surface area contributed by atoms with Crippen LogP contribution >= 0.6 is 0 Å². The van der Waals surface area contributed by atoms with Gasteiger partial charge in [0, 0.05) is 18.4 Å². The van der Waals surface area contributed by atoms with Gasteiger partial charge in [0.2, 0.25) is 11.8 Å². The quantitative estimate of drug-likeness (QED) is 0.608. The van der Waals surface area contributed by atoms with E-state index < -0.39 is 11.4 Å². The Labute approximate surface area is 152 Å². The molecule has 0 fully saturated rings. The number of benzene rings is 1. The van der Waals surface area contributed by atoms with Crippen LogP contribution in [0.2, 0.25) is 0 Å². The maximum absolute atomic E-state index is 12.1. The van der Waals surface area contributed by atoms with Gasteiger partial charge in [-0.25, -0.2) is 4.79 Å². The highest BCUT2D eigenvalue weighted by atomic mass is 16.5. The Morgan fingerprint density at radius 1 is 1.12 bits per heavy atom.